The van der Waals surface area contributed by atoms with E-state index in [0.717, 1.165) is 49.0 Å². The molecular formula is C19H23N3O3. The summed E-state index contributed by atoms with van der Waals surface area (Å²) in [5, 5.41) is 2.66. The number of nitrogens with one attached hydrogen (secondary N) is 1. The molecule has 0 saturated carbocycles. The molecule has 1 N–H and O–H groups in total. The predicted octanol–water partition coefficient (Wildman–Crippen LogP) is 3.20. The van der Waals surface area contributed by atoms with Gasteiger partial charge in [-0.2, -0.15) is 0 Å². The highest BCUT2D eigenvalue weighted by Crippen LogP contribution is 2.29. The molecule has 0 unspecified atom stereocenters. The number of hydrogen-bond acceptors (Lipinski definition) is 5. The van der Waals surface area contributed by atoms with Crippen molar-refractivity contribution in [3.63, 3.8) is 0 Å². The van der Waals surface area contributed by atoms with E-state index in [1.165, 1.54) is 7.11 Å². The van der Waals surface area contributed by atoms with Crippen LogP contribution in [0.5, 0.6) is 5.75 Å². The SMILES string of the molecule is COC(=O)Nc1ccc(N2CCN(c3ccccc3OC)CC2)cc1. The number of benzene rings is 2. The van der Waals surface area contributed by atoms with Crippen molar-refractivity contribution in [3.05, 3.63) is 48.5 Å². The van der Waals surface area contributed by atoms with Crippen LogP contribution in [0.1, 0.15) is 0 Å². The highest BCUT2D eigenvalue weighted by molar-refractivity contribution is 5.84. The maximum atomic E-state index is 11.2. The van der Waals surface area contributed by atoms with E-state index in [1.54, 1.807) is 7.11 Å². The monoisotopic (exact) mass is 341 g/mol. The van der Waals surface area contributed by atoms with E-state index in [2.05, 4.69) is 25.9 Å². The van der Waals surface area contributed by atoms with Crippen LogP contribution >= 0.6 is 0 Å². The molecule has 1 amide bonds. The summed E-state index contributed by atoms with van der Waals surface area (Å²) in [6.45, 7) is 3.73. The van der Waals surface area contributed by atoms with Crippen LogP contribution in [-0.2, 0) is 4.74 Å². The molecular weight excluding hydrogens is 318 g/mol. The summed E-state index contributed by atoms with van der Waals surface area (Å²) in [6, 6.07) is 15.9. The second kappa shape index (κ2) is 7.79. The maximum absolute atomic E-state index is 11.2. The average Bonchev–Trinajstić information content (AvgIpc) is 2.68. The molecule has 132 valence electrons. The Balaban J connectivity index is 1.61. The molecule has 1 fully saturated rings. The molecule has 2 aromatic carbocycles. The normalized spacial score (nSPS) is 14.2. The highest BCUT2D eigenvalue weighted by Gasteiger charge is 2.19. The van der Waals surface area contributed by atoms with Gasteiger partial charge >= 0.3 is 6.09 Å². The standard InChI is InChI=1S/C19H23N3O3/c1-24-18-6-4-3-5-17(18)22-13-11-21(12-14-22)16-9-7-15(8-10-16)20-19(23)25-2/h3-10H,11-14H2,1-2H3,(H,20,23). The zero-order valence-electron chi connectivity index (χ0n) is 14.6. The number of anilines is 3. The molecule has 0 aliphatic carbocycles. The fourth-order valence-corrected chi connectivity index (χ4v) is 3.02. The molecule has 0 radical (unpaired) electrons. The molecule has 25 heavy (non-hydrogen) atoms. The van der Waals surface area contributed by atoms with Crippen LogP contribution in [0.4, 0.5) is 21.9 Å². The number of para-hydroxylation sites is 2. The molecule has 1 aliphatic heterocycles. The van der Waals surface area contributed by atoms with Gasteiger partial charge in [-0.25, -0.2) is 4.79 Å². The van der Waals surface area contributed by atoms with Gasteiger partial charge in [-0.1, -0.05) is 12.1 Å². The van der Waals surface area contributed by atoms with Crippen LogP contribution in [-0.4, -0.2) is 46.5 Å². The van der Waals surface area contributed by atoms with E-state index < -0.39 is 6.09 Å². The van der Waals surface area contributed by atoms with Gasteiger partial charge in [-0.15, -0.1) is 0 Å². The van der Waals surface area contributed by atoms with Gasteiger partial charge in [0.2, 0.25) is 0 Å². The quantitative estimate of drug-likeness (QED) is 0.925. The Morgan fingerprint density at radius 2 is 1.56 bits per heavy atom. The Morgan fingerprint density at radius 3 is 2.20 bits per heavy atom. The Labute approximate surface area is 147 Å². The summed E-state index contributed by atoms with van der Waals surface area (Å²) in [5.74, 6) is 0.911. The molecule has 6 heteroatoms. The number of rotatable bonds is 4. The van der Waals surface area contributed by atoms with E-state index in [-0.39, 0.29) is 0 Å². The summed E-state index contributed by atoms with van der Waals surface area (Å²) in [7, 11) is 3.06. The van der Waals surface area contributed by atoms with E-state index in [0.29, 0.717) is 0 Å². The third-order valence-electron chi connectivity index (χ3n) is 4.37. The lowest BCUT2D eigenvalue weighted by Crippen LogP contribution is -2.46. The summed E-state index contributed by atoms with van der Waals surface area (Å²) >= 11 is 0. The molecule has 6 nitrogen and oxygen atoms in total. The van der Waals surface area contributed by atoms with Gasteiger partial charge in [0.1, 0.15) is 5.75 Å². The van der Waals surface area contributed by atoms with Crippen molar-refractivity contribution in [1.29, 1.82) is 0 Å². The number of nitrogens with zero attached hydrogens (tertiary/aromatic N) is 2. The summed E-state index contributed by atoms with van der Waals surface area (Å²) < 4.78 is 10.1. The zero-order chi connectivity index (χ0) is 17.6. The van der Waals surface area contributed by atoms with Crippen molar-refractivity contribution in [1.82, 2.24) is 0 Å². The summed E-state index contributed by atoms with van der Waals surface area (Å²) in [5.41, 5.74) is 3.01. The van der Waals surface area contributed by atoms with Gasteiger partial charge in [-0.3, -0.25) is 5.32 Å². The molecule has 1 aliphatic rings. The minimum absolute atomic E-state index is 0.460. The topological polar surface area (TPSA) is 54.0 Å². The lowest BCUT2D eigenvalue weighted by Gasteiger charge is -2.37. The van der Waals surface area contributed by atoms with Gasteiger partial charge in [-0.05, 0) is 36.4 Å². The Hall–Kier alpha value is -2.89. The molecule has 2 aromatic rings. The molecule has 3 rings (SSSR count). The van der Waals surface area contributed by atoms with Gasteiger partial charge in [0.25, 0.3) is 0 Å². The van der Waals surface area contributed by atoms with Crippen LogP contribution in [0.25, 0.3) is 0 Å². The summed E-state index contributed by atoms with van der Waals surface area (Å²) in [4.78, 5) is 15.9. The largest absolute Gasteiger partial charge is 0.495 e. The maximum Gasteiger partial charge on any atom is 0.411 e. The number of piperazine rings is 1. The number of amides is 1. The van der Waals surface area contributed by atoms with Crippen LogP contribution in [0.3, 0.4) is 0 Å². The fourth-order valence-electron chi connectivity index (χ4n) is 3.02. The third kappa shape index (κ3) is 3.96. The van der Waals surface area contributed by atoms with Crippen LogP contribution in [0.15, 0.2) is 48.5 Å². The highest BCUT2D eigenvalue weighted by atomic mass is 16.5. The molecule has 0 aromatic heterocycles. The Kier molecular flexibility index (Phi) is 5.28. The van der Waals surface area contributed by atoms with Crippen LogP contribution < -0.4 is 19.9 Å². The first-order valence-electron chi connectivity index (χ1n) is 8.29. The Morgan fingerprint density at radius 1 is 0.920 bits per heavy atom. The van der Waals surface area contributed by atoms with Crippen molar-refractivity contribution < 1.29 is 14.3 Å². The minimum atomic E-state index is -0.460. The van der Waals surface area contributed by atoms with Gasteiger partial charge in [0.05, 0.1) is 19.9 Å². The minimum Gasteiger partial charge on any atom is -0.495 e. The lowest BCUT2D eigenvalue weighted by molar-refractivity contribution is 0.187. The second-order valence-electron chi connectivity index (χ2n) is 5.81. The van der Waals surface area contributed by atoms with Crippen LogP contribution in [0.2, 0.25) is 0 Å². The van der Waals surface area contributed by atoms with Gasteiger partial charge in [0.15, 0.2) is 0 Å². The number of methoxy groups -OCH3 is 2. The zero-order valence-corrected chi connectivity index (χ0v) is 14.6. The molecule has 0 spiro atoms. The molecule has 0 bridgehead atoms. The van der Waals surface area contributed by atoms with E-state index in [9.17, 15) is 4.79 Å². The smallest absolute Gasteiger partial charge is 0.411 e. The lowest BCUT2D eigenvalue weighted by atomic mass is 10.2. The fraction of sp³-hybridized carbons (Fsp3) is 0.316. The van der Waals surface area contributed by atoms with Crippen molar-refractivity contribution in [2.24, 2.45) is 0 Å². The van der Waals surface area contributed by atoms with Crippen molar-refractivity contribution >= 4 is 23.2 Å². The Bertz CT molecular complexity index is 710. The van der Waals surface area contributed by atoms with Gasteiger partial charge in [0, 0.05) is 37.6 Å². The number of ether oxygens (including phenoxy) is 2. The number of carbonyl (C=O) groups excluding carboxylic acids is 1. The summed E-state index contributed by atoms with van der Waals surface area (Å²) in [6.07, 6.45) is -0.460. The number of carbonyl (C=O) groups is 1. The van der Waals surface area contributed by atoms with Crippen LogP contribution in [0, 0.1) is 0 Å². The predicted molar refractivity (Wildman–Crippen MR) is 99.9 cm³/mol. The van der Waals surface area contributed by atoms with Crippen molar-refractivity contribution in [2.75, 3.05) is 55.5 Å². The van der Waals surface area contributed by atoms with Gasteiger partial charge < -0.3 is 19.3 Å². The van der Waals surface area contributed by atoms with Crippen molar-refractivity contribution in [2.45, 2.75) is 0 Å². The first kappa shape index (κ1) is 17.0. The second-order valence-corrected chi connectivity index (χ2v) is 5.81. The third-order valence-corrected chi connectivity index (χ3v) is 4.37. The molecule has 0 atom stereocenters. The van der Waals surface area contributed by atoms with E-state index >= 15 is 0 Å². The van der Waals surface area contributed by atoms with E-state index in [1.807, 2.05) is 42.5 Å². The first-order chi connectivity index (χ1) is 12.2. The molecule has 1 saturated heterocycles. The van der Waals surface area contributed by atoms with E-state index in [4.69, 9.17) is 4.74 Å². The molecule has 1 heterocycles. The number of hydrogen-bond donors (Lipinski definition) is 1. The first-order valence-corrected chi connectivity index (χ1v) is 8.29. The van der Waals surface area contributed by atoms with Crippen molar-refractivity contribution in [3.8, 4) is 5.75 Å². The average molecular weight is 341 g/mol.